The highest BCUT2D eigenvalue weighted by atomic mass is 15.0. The largest absolute Gasteiger partial charge is 0.325 e. The maximum absolute atomic E-state index is 5.81. The van der Waals surface area contributed by atoms with Crippen LogP contribution in [0.25, 0.3) is 34.7 Å². The molecule has 0 spiro atoms. The Kier molecular flexibility index (Phi) is 6.11. The number of hydrogen-bond acceptors (Lipinski definition) is 2. The molecule has 0 atom stereocenters. The van der Waals surface area contributed by atoms with Gasteiger partial charge in [-0.25, -0.2) is 4.98 Å². The standard InChI is InChI=1S/C27H26N3/c1-21-13-16-29-26(19-21)27-20-23(14-17-30(27)18-15-28)8-7-22-9-11-25(12-10-22)24-5-3-2-4-6-24/h2-14,16-17,19-20H,15,18,28H2,1H3/q+1/b8-7+. The molecule has 0 unspecified atom stereocenters. The van der Waals surface area contributed by atoms with Crippen molar-refractivity contribution < 1.29 is 4.57 Å². The molecule has 2 N–H and O–H groups in total. The molecule has 30 heavy (non-hydrogen) atoms. The van der Waals surface area contributed by atoms with Gasteiger partial charge in [-0.2, -0.15) is 4.57 Å². The van der Waals surface area contributed by atoms with Crippen LogP contribution in [0.1, 0.15) is 16.7 Å². The molecule has 0 aliphatic carbocycles. The van der Waals surface area contributed by atoms with Gasteiger partial charge in [-0.3, -0.25) is 0 Å². The Morgan fingerprint density at radius 3 is 2.30 bits per heavy atom. The monoisotopic (exact) mass is 392 g/mol. The van der Waals surface area contributed by atoms with E-state index in [1.165, 1.54) is 22.3 Å². The second kappa shape index (κ2) is 9.29. The fourth-order valence-corrected chi connectivity index (χ4v) is 3.49. The van der Waals surface area contributed by atoms with E-state index in [1.807, 2.05) is 18.3 Å². The van der Waals surface area contributed by atoms with Crippen LogP contribution in [-0.4, -0.2) is 11.5 Å². The molecule has 0 saturated carbocycles. The van der Waals surface area contributed by atoms with E-state index < -0.39 is 0 Å². The molecule has 3 heteroatoms. The van der Waals surface area contributed by atoms with Crippen molar-refractivity contribution in [3.63, 3.8) is 0 Å². The van der Waals surface area contributed by atoms with Crippen LogP contribution in [0.4, 0.5) is 0 Å². The summed E-state index contributed by atoms with van der Waals surface area (Å²) in [5.74, 6) is 0. The van der Waals surface area contributed by atoms with Gasteiger partial charge in [-0.1, -0.05) is 66.7 Å². The zero-order valence-electron chi connectivity index (χ0n) is 17.2. The topological polar surface area (TPSA) is 42.8 Å². The van der Waals surface area contributed by atoms with E-state index in [0.717, 1.165) is 23.5 Å². The summed E-state index contributed by atoms with van der Waals surface area (Å²) < 4.78 is 2.16. The molecule has 2 heterocycles. The van der Waals surface area contributed by atoms with Crippen molar-refractivity contribution >= 4 is 12.2 Å². The number of aromatic nitrogens is 2. The smallest absolute Gasteiger partial charge is 0.231 e. The first-order valence-electron chi connectivity index (χ1n) is 10.2. The third kappa shape index (κ3) is 4.70. The van der Waals surface area contributed by atoms with Crippen molar-refractivity contribution in [2.45, 2.75) is 13.5 Å². The Labute approximate surface area is 178 Å². The Morgan fingerprint density at radius 1 is 0.833 bits per heavy atom. The summed E-state index contributed by atoms with van der Waals surface area (Å²) in [6, 6.07) is 27.5. The molecule has 0 radical (unpaired) electrons. The molecular formula is C27H26N3+. The number of benzene rings is 2. The minimum absolute atomic E-state index is 0.590. The number of nitrogens with zero attached hydrogens (tertiary/aromatic N) is 2. The number of hydrogen-bond donors (Lipinski definition) is 1. The SMILES string of the molecule is Cc1ccnc(-c2cc(/C=C/c3ccc(-c4ccccc4)cc3)cc[n+]2CCN)c1. The Morgan fingerprint density at radius 2 is 1.57 bits per heavy atom. The third-order valence-electron chi connectivity index (χ3n) is 5.09. The molecule has 0 fully saturated rings. The van der Waals surface area contributed by atoms with Crippen molar-refractivity contribution in [3.8, 4) is 22.5 Å². The molecule has 0 saturated heterocycles. The van der Waals surface area contributed by atoms with Crippen molar-refractivity contribution in [2.24, 2.45) is 5.73 Å². The van der Waals surface area contributed by atoms with Crippen molar-refractivity contribution in [1.29, 1.82) is 0 Å². The fourth-order valence-electron chi connectivity index (χ4n) is 3.49. The van der Waals surface area contributed by atoms with Gasteiger partial charge < -0.3 is 5.73 Å². The second-order valence-electron chi connectivity index (χ2n) is 7.37. The van der Waals surface area contributed by atoms with Crippen molar-refractivity contribution in [1.82, 2.24) is 4.98 Å². The maximum atomic E-state index is 5.81. The molecule has 2 aromatic carbocycles. The van der Waals surface area contributed by atoms with Gasteiger partial charge in [0.15, 0.2) is 12.7 Å². The van der Waals surface area contributed by atoms with Gasteiger partial charge in [0.05, 0.1) is 6.54 Å². The summed E-state index contributed by atoms with van der Waals surface area (Å²) >= 11 is 0. The van der Waals surface area contributed by atoms with Gasteiger partial charge in [0.1, 0.15) is 5.69 Å². The van der Waals surface area contributed by atoms with Crippen LogP contribution in [0.5, 0.6) is 0 Å². The minimum atomic E-state index is 0.590. The summed E-state index contributed by atoms with van der Waals surface area (Å²) in [6.45, 7) is 3.43. The van der Waals surface area contributed by atoms with Crippen molar-refractivity contribution in [2.75, 3.05) is 6.54 Å². The molecule has 4 rings (SSSR count). The lowest BCUT2D eigenvalue weighted by atomic mass is 10.0. The first-order chi connectivity index (χ1) is 14.7. The highest BCUT2D eigenvalue weighted by molar-refractivity contribution is 5.73. The Bertz CT molecular complexity index is 1150. The van der Waals surface area contributed by atoms with Gasteiger partial charge in [0.25, 0.3) is 0 Å². The summed E-state index contributed by atoms with van der Waals surface area (Å²) in [4.78, 5) is 4.56. The fraction of sp³-hybridized carbons (Fsp3) is 0.111. The van der Waals surface area contributed by atoms with E-state index in [1.54, 1.807) is 0 Å². The van der Waals surface area contributed by atoms with E-state index in [9.17, 15) is 0 Å². The highest BCUT2D eigenvalue weighted by Gasteiger charge is 2.14. The minimum Gasteiger partial charge on any atom is -0.325 e. The Hall–Kier alpha value is -3.56. The van der Waals surface area contributed by atoms with Crippen LogP contribution < -0.4 is 10.3 Å². The lowest BCUT2D eigenvalue weighted by Crippen LogP contribution is -2.39. The quantitative estimate of drug-likeness (QED) is 0.462. The molecule has 0 amide bonds. The molecule has 0 aliphatic heterocycles. The molecular weight excluding hydrogens is 366 g/mol. The summed E-state index contributed by atoms with van der Waals surface area (Å²) in [6.07, 6.45) is 8.23. The highest BCUT2D eigenvalue weighted by Crippen LogP contribution is 2.21. The summed E-state index contributed by atoms with van der Waals surface area (Å²) in [5, 5.41) is 0. The van der Waals surface area contributed by atoms with E-state index in [-0.39, 0.29) is 0 Å². The van der Waals surface area contributed by atoms with Crippen LogP contribution in [0.2, 0.25) is 0 Å². The number of pyridine rings is 2. The van der Waals surface area contributed by atoms with Crippen LogP contribution in [0.3, 0.4) is 0 Å². The third-order valence-corrected chi connectivity index (χ3v) is 5.09. The lowest BCUT2D eigenvalue weighted by molar-refractivity contribution is -0.683. The van der Waals surface area contributed by atoms with Crippen molar-refractivity contribution in [3.05, 3.63) is 108 Å². The van der Waals surface area contributed by atoms with Gasteiger partial charge in [-0.05, 0) is 46.9 Å². The van der Waals surface area contributed by atoms with E-state index >= 15 is 0 Å². The van der Waals surface area contributed by atoms with Gasteiger partial charge in [0, 0.05) is 18.3 Å². The van der Waals surface area contributed by atoms with Crippen LogP contribution >= 0.6 is 0 Å². The first-order valence-corrected chi connectivity index (χ1v) is 10.2. The van der Waals surface area contributed by atoms with E-state index in [4.69, 9.17) is 5.73 Å². The van der Waals surface area contributed by atoms with Gasteiger partial charge in [0.2, 0.25) is 5.69 Å². The molecule has 148 valence electrons. The van der Waals surface area contributed by atoms with Crippen LogP contribution in [-0.2, 0) is 6.54 Å². The first kappa shape index (κ1) is 19.7. The predicted octanol–water partition coefficient (Wildman–Crippen LogP) is 5.14. The van der Waals surface area contributed by atoms with Gasteiger partial charge >= 0.3 is 0 Å². The average Bonchev–Trinajstić information content (AvgIpc) is 2.79. The van der Waals surface area contributed by atoms with Crippen LogP contribution in [0.15, 0.2) is 91.3 Å². The van der Waals surface area contributed by atoms with Crippen LogP contribution in [0, 0.1) is 6.92 Å². The summed E-state index contributed by atoms with van der Waals surface area (Å²) in [5.41, 5.74) is 13.8. The molecule has 4 aromatic rings. The second-order valence-corrected chi connectivity index (χ2v) is 7.37. The van der Waals surface area contributed by atoms with E-state index in [0.29, 0.717) is 6.54 Å². The molecule has 3 nitrogen and oxygen atoms in total. The zero-order valence-corrected chi connectivity index (χ0v) is 17.2. The average molecular weight is 393 g/mol. The Balaban J connectivity index is 1.60. The normalized spacial score (nSPS) is 11.1. The molecule has 0 bridgehead atoms. The number of aryl methyl sites for hydroxylation is 1. The van der Waals surface area contributed by atoms with E-state index in [2.05, 4.69) is 102 Å². The zero-order chi connectivity index (χ0) is 20.8. The molecule has 0 aliphatic rings. The maximum Gasteiger partial charge on any atom is 0.231 e. The lowest BCUT2D eigenvalue weighted by Gasteiger charge is -2.05. The van der Waals surface area contributed by atoms with Gasteiger partial charge in [-0.15, -0.1) is 0 Å². The number of nitrogens with two attached hydrogens (primary N) is 1. The molecule has 2 aromatic heterocycles. The number of rotatable bonds is 6. The predicted molar refractivity (Wildman–Crippen MR) is 124 cm³/mol. The summed E-state index contributed by atoms with van der Waals surface area (Å²) in [7, 11) is 0.